The third kappa shape index (κ3) is 6.96. The average Bonchev–Trinajstić information content (AvgIpc) is 2.30. The van der Waals surface area contributed by atoms with Gasteiger partial charge in [0.1, 0.15) is 0 Å². The molecule has 0 unspecified atom stereocenters. The van der Waals surface area contributed by atoms with Crippen molar-refractivity contribution in [3.63, 3.8) is 0 Å². The molecule has 0 radical (unpaired) electrons. The number of hydrogen-bond donors (Lipinski definition) is 4. The third-order valence-electron chi connectivity index (χ3n) is 1.79. The Labute approximate surface area is 107 Å². The second-order valence-electron chi connectivity index (χ2n) is 2.79. The van der Waals surface area contributed by atoms with Crippen LogP contribution in [-0.2, 0) is 9.59 Å². The Morgan fingerprint density at radius 1 is 1.00 bits per heavy atom. The van der Waals surface area contributed by atoms with E-state index in [-0.39, 0.29) is 16.7 Å². The van der Waals surface area contributed by atoms with E-state index >= 15 is 0 Å². The Kier molecular flexibility index (Phi) is 9.72. The van der Waals surface area contributed by atoms with Gasteiger partial charge in [-0.25, -0.2) is 30.0 Å². The minimum absolute atomic E-state index is 0.0277. The van der Waals surface area contributed by atoms with E-state index in [9.17, 15) is 9.59 Å². The minimum Gasteiger partial charge on any atom is -0.478 e. The summed E-state index contributed by atoms with van der Waals surface area (Å²) < 4.78 is 0. The van der Waals surface area contributed by atoms with Crippen LogP contribution >= 0.6 is 0 Å². The van der Waals surface area contributed by atoms with Crippen molar-refractivity contribution < 1.29 is 29.4 Å². The van der Waals surface area contributed by atoms with Crippen LogP contribution in [0.2, 0.25) is 0 Å². The van der Waals surface area contributed by atoms with Crippen LogP contribution in [0.15, 0.2) is 18.2 Å². The summed E-state index contributed by atoms with van der Waals surface area (Å²) in [7, 11) is 0. The van der Waals surface area contributed by atoms with Gasteiger partial charge in [-0.3, -0.25) is 0 Å². The zero-order valence-corrected chi connectivity index (χ0v) is 9.76. The van der Waals surface area contributed by atoms with Crippen molar-refractivity contribution in [3.8, 4) is 0 Å². The van der Waals surface area contributed by atoms with Gasteiger partial charge in [0.05, 0.1) is 11.1 Å². The average molecular weight is 266 g/mol. The Balaban J connectivity index is 0. The van der Waals surface area contributed by atoms with E-state index in [4.69, 9.17) is 30.6 Å². The van der Waals surface area contributed by atoms with Crippen LogP contribution in [0.3, 0.4) is 0 Å². The second kappa shape index (κ2) is 10.1. The molecule has 0 saturated carbocycles. The van der Waals surface area contributed by atoms with Gasteiger partial charge in [0.25, 0.3) is 0 Å². The first-order valence-electron chi connectivity index (χ1n) is 4.51. The van der Waals surface area contributed by atoms with Gasteiger partial charge >= 0.3 is 11.9 Å². The minimum atomic E-state index is -1.11. The third-order valence-corrected chi connectivity index (χ3v) is 1.79. The molecule has 0 amide bonds. The van der Waals surface area contributed by atoms with Gasteiger partial charge in [-0.1, -0.05) is 6.07 Å². The van der Waals surface area contributed by atoms with Gasteiger partial charge in [0, 0.05) is 0 Å². The Hall–Kier alpha value is -3.08. The van der Waals surface area contributed by atoms with Crippen LogP contribution in [0.4, 0.5) is 0 Å². The lowest BCUT2D eigenvalue weighted by Crippen LogP contribution is -2.06. The molecule has 0 fully saturated rings. The molecule has 0 aliphatic heterocycles. The summed E-state index contributed by atoms with van der Waals surface area (Å²) in [5, 5.41) is 28.2. The Bertz CT molecular complexity index is 482. The maximum atomic E-state index is 10.6. The predicted octanol–water partition coefficient (Wildman–Crippen LogP) is 1.19. The smallest absolute Gasteiger partial charge is 0.335 e. The van der Waals surface area contributed by atoms with Crippen LogP contribution in [0.1, 0.15) is 26.3 Å². The van der Waals surface area contributed by atoms with E-state index in [1.165, 1.54) is 25.1 Å². The fourth-order valence-corrected chi connectivity index (χ4v) is 1.10. The zero-order valence-electron chi connectivity index (χ0n) is 9.76. The van der Waals surface area contributed by atoms with Crippen LogP contribution < -0.4 is 0 Å². The van der Waals surface area contributed by atoms with E-state index in [0.717, 1.165) is 12.2 Å². The van der Waals surface area contributed by atoms with Crippen molar-refractivity contribution in [1.82, 2.24) is 0 Å². The first-order valence-corrected chi connectivity index (χ1v) is 4.51. The predicted molar refractivity (Wildman–Crippen MR) is 61.9 cm³/mol. The SMILES string of the molecule is Cc1c(C(=O)O)cccc1C(=O)O.N=C=O.N=C=O. The molecular weight excluding hydrogens is 256 g/mol. The van der Waals surface area contributed by atoms with Gasteiger partial charge in [-0.15, -0.1) is 0 Å². The van der Waals surface area contributed by atoms with E-state index in [1.807, 2.05) is 0 Å². The van der Waals surface area contributed by atoms with Gasteiger partial charge < -0.3 is 10.2 Å². The molecule has 0 aliphatic rings. The first kappa shape index (κ1) is 18.3. The van der Waals surface area contributed by atoms with Crippen LogP contribution in [0.25, 0.3) is 0 Å². The highest BCUT2D eigenvalue weighted by Gasteiger charge is 2.13. The highest BCUT2D eigenvalue weighted by atomic mass is 16.4. The fraction of sp³-hybridized carbons (Fsp3) is 0.0909. The van der Waals surface area contributed by atoms with E-state index in [1.54, 1.807) is 0 Å². The molecule has 0 aliphatic carbocycles. The van der Waals surface area contributed by atoms with E-state index < -0.39 is 11.9 Å². The molecule has 19 heavy (non-hydrogen) atoms. The number of carbonyl (C=O) groups is 2. The normalized spacial score (nSPS) is 7.42. The van der Waals surface area contributed by atoms with Crippen molar-refractivity contribution in [2.45, 2.75) is 6.92 Å². The number of carboxylic acids is 2. The van der Waals surface area contributed by atoms with Gasteiger partial charge in [-0.05, 0) is 24.6 Å². The van der Waals surface area contributed by atoms with Crippen molar-refractivity contribution in [2.75, 3.05) is 0 Å². The molecule has 0 atom stereocenters. The zero-order chi connectivity index (χ0) is 15.4. The Morgan fingerprint density at radius 3 is 1.47 bits per heavy atom. The molecule has 100 valence electrons. The number of hydrogen-bond acceptors (Lipinski definition) is 6. The lowest BCUT2D eigenvalue weighted by Gasteiger charge is -2.03. The van der Waals surface area contributed by atoms with Crippen molar-refractivity contribution in [3.05, 3.63) is 34.9 Å². The molecule has 1 aromatic rings. The quantitative estimate of drug-likeness (QED) is 0.465. The van der Waals surface area contributed by atoms with E-state index in [0.29, 0.717) is 0 Å². The first-order chi connectivity index (χ1) is 8.87. The summed E-state index contributed by atoms with van der Waals surface area (Å²) in [5.41, 5.74) is 0.335. The molecule has 1 rings (SSSR count). The lowest BCUT2D eigenvalue weighted by molar-refractivity contribution is 0.0696. The highest BCUT2D eigenvalue weighted by Crippen LogP contribution is 2.13. The molecule has 0 bridgehead atoms. The molecule has 4 N–H and O–H groups in total. The summed E-state index contributed by atoms with van der Waals surface area (Å²) >= 11 is 0. The number of aromatic carboxylic acids is 2. The van der Waals surface area contributed by atoms with Crippen molar-refractivity contribution >= 4 is 24.1 Å². The number of nitrogens with one attached hydrogen (secondary N) is 2. The number of carbonyl (C=O) groups excluding carboxylic acids is 2. The van der Waals surface area contributed by atoms with Crippen LogP contribution in [0, 0.1) is 17.7 Å². The van der Waals surface area contributed by atoms with Crippen molar-refractivity contribution in [2.24, 2.45) is 0 Å². The number of carboxylic acid groups (broad SMARTS) is 2. The van der Waals surface area contributed by atoms with Gasteiger partial charge in [0.15, 0.2) is 0 Å². The summed E-state index contributed by atoms with van der Waals surface area (Å²) in [5.74, 6) is -2.22. The topological polar surface area (TPSA) is 156 Å². The van der Waals surface area contributed by atoms with Gasteiger partial charge in [-0.2, -0.15) is 0 Å². The molecule has 1 aromatic carbocycles. The fourth-order valence-electron chi connectivity index (χ4n) is 1.10. The summed E-state index contributed by atoms with van der Waals surface area (Å²) in [6.45, 7) is 1.48. The molecule has 0 heterocycles. The largest absolute Gasteiger partial charge is 0.478 e. The molecule has 0 saturated heterocycles. The number of benzene rings is 1. The summed E-state index contributed by atoms with van der Waals surface area (Å²) in [6.07, 6.45) is 1.50. The van der Waals surface area contributed by atoms with Gasteiger partial charge in [0.2, 0.25) is 12.2 Å². The summed E-state index contributed by atoms with van der Waals surface area (Å²) in [4.78, 5) is 37.9. The monoisotopic (exact) mass is 266 g/mol. The second-order valence-corrected chi connectivity index (χ2v) is 2.79. The molecule has 8 nitrogen and oxygen atoms in total. The highest BCUT2D eigenvalue weighted by molar-refractivity contribution is 5.96. The molecular formula is C11H10N2O6. The molecule has 8 heteroatoms. The molecule has 0 spiro atoms. The number of isocyanates is 2. The molecule has 0 aromatic heterocycles. The summed E-state index contributed by atoms with van der Waals surface area (Å²) in [6, 6.07) is 4.17. The van der Waals surface area contributed by atoms with Crippen molar-refractivity contribution in [1.29, 1.82) is 10.8 Å². The number of rotatable bonds is 2. The maximum Gasteiger partial charge on any atom is 0.335 e. The lowest BCUT2D eigenvalue weighted by atomic mass is 10.0. The van der Waals surface area contributed by atoms with Crippen LogP contribution in [-0.4, -0.2) is 34.3 Å². The maximum absolute atomic E-state index is 10.6. The Morgan fingerprint density at radius 2 is 1.26 bits per heavy atom. The van der Waals surface area contributed by atoms with Crippen LogP contribution in [0.5, 0.6) is 0 Å². The standard InChI is InChI=1S/C9H8O4.2CHNO/c1-5-6(8(10)11)3-2-4-7(5)9(12)13;2*2-1-3/h2-4H,1H3,(H,10,11)(H,12,13);2*2H. The van der Waals surface area contributed by atoms with E-state index in [2.05, 4.69) is 0 Å².